The molecule has 0 aliphatic carbocycles. The summed E-state index contributed by atoms with van der Waals surface area (Å²) >= 11 is 0. The van der Waals surface area contributed by atoms with Gasteiger partial charge in [-0.3, -0.25) is 24.5 Å². The van der Waals surface area contributed by atoms with E-state index in [-0.39, 0.29) is 43.0 Å². The summed E-state index contributed by atoms with van der Waals surface area (Å²) < 4.78 is 33.9. The van der Waals surface area contributed by atoms with Crippen LogP contribution in [-0.2, 0) is 33.2 Å². The first-order valence-electron chi connectivity index (χ1n) is 13.4. The second kappa shape index (κ2) is 14.9. The van der Waals surface area contributed by atoms with Crippen LogP contribution in [0.4, 0.5) is 11.5 Å². The van der Waals surface area contributed by atoms with Gasteiger partial charge in [-0.2, -0.15) is 8.42 Å². The number of nitrogens with two attached hydrogens (primary N) is 1. The fourth-order valence-corrected chi connectivity index (χ4v) is 3.92. The standard InChI is InChI=1S/C27H29N7O3.C2H6O3S/c1-3-37-25(35)13-15-34(23-6-4-5-14-30-23)27(36)19-9-12-22-21(16-19)32-24(33(22)2)17-31-20-10-7-18(8-11-20)26(28)29;1-2-6(3,4)5/h4-12,14,16,31H,3,13,15,17H2,1-2H3,(H3,28,29);2H2,1H3,(H,3,4,5). The number of aromatic nitrogens is 3. The van der Waals surface area contributed by atoms with E-state index in [4.69, 9.17) is 25.4 Å². The van der Waals surface area contributed by atoms with E-state index in [9.17, 15) is 18.0 Å². The van der Waals surface area contributed by atoms with Gasteiger partial charge in [0.05, 0.1) is 36.4 Å². The zero-order valence-electron chi connectivity index (χ0n) is 24.1. The van der Waals surface area contributed by atoms with E-state index < -0.39 is 10.1 Å². The zero-order valence-corrected chi connectivity index (χ0v) is 25.0. The fraction of sp³-hybridized carbons (Fsp3) is 0.276. The Morgan fingerprint density at radius 2 is 1.77 bits per heavy atom. The van der Waals surface area contributed by atoms with Gasteiger partial charge in [-0.15, -0.1) is 0 Å². The molecule has 5 N–H and O–H groups in total. The summed E-state index contributed by atoms with van der Waals surface area (Å²) in [5.41, 5.74) is 9.07. The Morgan fingerprint density at radius 3 is 2.35 bits per heavy atom. The Hall–Kier alpha value is -4.82. The van der Waals surface area contributed by atoms with E-state index in [0.717, 1.165) is 17.0 Å². The number of anilines is 2. The van der Waals surface area contributed by atoms with Crippen LogP contribution in [0.1, 0.15) is 42.0 Å². The van der Waals surface area contributed by atoms with Crippen molar-refractivity contribution in [2.75, 3.05) is 29.1 Å². The first-order chi connectivity index (χ1) is 20.4. The number of carbonyl (C=O) groups excluding carboxylic acids is 2. The number of nitrogens with zero attached hydrogens (tertiary/aromatic N) is 4. The molecular formula is C29H35N7O6S. The highest BCUT2D eigenvalue weighted by Gasteiger charge is 2.21. The molecule has 0 saturated carbocycles. The number of imidazole rings is 1. The normalized spacial score (nSPS) is 10.9. The molecule has 2 heterocycles. The van der Waals surface area contributed by atoms with Gasteiger partial charge in [0.1, 0.15) is 17.5 Å². The quantitative estimate of drug-likeness (QED) is 0.0848. The van der Waals surface area contributed by atoms with E-state index in [1.165, 1.54) is 11.8 Å². The SMILES string of the molecule is CCOC(=O)CCN(C(=O)c1ccc2c(c1)nc(CNc1ccc(C(=N)N)cc1)n2C)c1ccccn1.CCS(=O)(=O)O. The van der Waals surface area contributed by atoms with Gasteiger partial charge in [-0.25, -0.2) is 9.97 Å². The number of hydrogen-bond donors (Lipinski definition) is 4. The van der Waals surface area contributed by atoms with E-state index in [1.54, 1.807) is 55.6 Å². The van der Waals surface area contributed by atoms with Crippen molar-refractivity contribution in [3.63, 3.8) is 0 Å². The summed E-state index contributed by atoms with van der Waals surface area (Å²) in [7, 11) is -1.74. The van der Waals surface area contributed by atoms with E-state index >= 15 is 0 Å². The summed E-state index contributed by atoms with van der Waals surface area (Å²) in [6.07, 6.45) is 1.67. The van der Waals surface area contributed by atoms with E-state index in [2.05, 4.69) is 10.3 Å². The molecule has 0 radical (unpaired) electrons. The molecule has 0 fully saturated rings. The van der Waals surface area contributed by atoms with Gasteiger partial charge in [0, 0.05) is 36.6 Å². The number of pyridine rings is 1. The molecule has 0 saturated heterocycles. The number of carbonyl (C=O) groups is 2. The average Bonchev–Trinajstić information content (AvgIpc) is 3.31. The second-order valence-corrected chi connectivity index (χ2v) is 10.9. The third kappa shape index (κ3) is 9.34. The summed E-state index contributed by atoms with van der Waals surface area (Å²) in [5, 5.41) is 10.8. The van der Waals surface area contributed by atoms with E-state index in [0.29, 0.717) is 29.0 Å². The highest BCUT2D eigenvalue weighted by molar-refractivity contribution is 7.85. The van der Waals surface area contributed by atoms with Crippen molar-refractivity contribution in [1.29, 1.82) is 5.41 Å². The van der Waals surface area contributed by atoms with Crippen molar-refractivity contribution in [3.05, 3.63) is 83.8 Å². The number of hydrogen-bond acceptors (Lipinski definition) is 9. The highest BCUT2D eigenvalue weighted by atomic mass is 32.2. The molecule has 0 aliphatic heterocycles. The topological polar surface area (TPSA) is 194 Å². The molecule has 0 aliphatic rings. The summed E-state index contributed by atoms with van der Waals surface area (Å²) in [5.74, 6) is 0.422. The number of amidine groups is 1. The number of nitrogens with one attached hydrogen (secondary N) is 2. The monoisotopic (exact) mass is 609 g/mol. The highest BCUT2D eigenvalue weighted by Crippen LogP contribution is 2.21. The van der Waals surface area contributed by atoms with Crippen molar-refractivity contribution in [3.8, 4) is 0 Å². The number of fused-ring (bicyclic) bond motifs is 1. The molecular weight excluding hydrogens is 574 g/mol. The molecule has 0 atom stereocenters. The first-order valence-corrected chi connectivity index (χ1v) is 15.0. The van der Waals surface area contributed by atoms with Crippen LogP contribution in [0.5, 0.6) is 0 Å². The minimum Gasteiger partial charge on any atom is -0.466 e. The van der Waals surface area contributed by atoms with Crippen molar-refractivity contribution in [1.82, 2.24) is 14.5 Å². The van der Waals surface area contributed by atoms with Gasteiger partial charge in [-0.05, 0) is 68.4 Å². The molecule has 2 aromatic carbocycles. The predicted octanol–water partition coefficient (Wildman–Crippen LogP) is 3.36. The molecule has 43 heavy (non-hydrogen) atoms. The lowest BCUT2D eigenvalue weighted by Gasteiger charge is -2.21. The Morgan fingerprint density at radius 1 is 1.09 bits per heavy atom. The van der Waals surface area contributed by atoms with Gasteiger partial charge in [0.2, 0.25) is 0 Å². The molecule has 13 nitrogen and oxygen atoms in total. The largest absolute Gasteiger partial charge is 0.466 e. The Bertz CT molecular complexity index is 1670. The van der Waals surface area contributed by atoms with Gasteiger partial charge in [-0.1, -0.05) is 6.07 Å². The molecule has 1 amide bonds. The maximum atomic E-state index is 13.5. The second-order valence-electron chi connectivity index (χ2n) is 9.21. The summed E-state index contributed by atoms with van der Waals surface area (Å²) in [6, 6.07) is 18.0. The third-order valence-electron chi connectivity index (χ3n) is 6.25. The van der Waals surface area contributed by atoms with Crippen LogP contribution in [-0.4, -0.2) is 64.1 Å². The molecule has 228 valence electrons. The van der Waals surface area contributed by atoms with Gasteiger partial charge in [0.15, 0.2) is 0 Å². The van der Waals surface area contributed by atoms with Crippen molar-refractivity contribution in [2.45, 2.75) is 26.8 Å². The van der Waals surface area contributed by atoms with Crippen LogP contribution in [0.25, 0.3) is 11.0 Å². The fourth-order valence-electron chi connectivity index (χ4n) is 3.92. The molecule has 4 rings (SSSR count). The first kappa shape index (κ1) is 32.7. The minimum absolute atomic E-state index is 0.0229. The summed E-state index contributed by atoms with van der Waals surface area (Å²) in [4.78, 5) is 36.0. The van der Waals surface area contributed by atoms with Gasteiger partial charge < -0.3 is 20.4 Å². The van der Waals surface area contributed by atoms with Crippen LogP contribution in [0.2, 0.25) is 0 Å². The summed E-state index contributed by atoms with van der Waals surface area (Å²) in [6.45, 7) is 4.01. The van der Waals surface area contributed by atoms with Crippen LogP contribution in [0, 0.1) is 5.41 Å². The maximum Gasteiger partial charge on any atom is 0.307 e. The third-order valence-corrected chi connectivity index (χ3v) is 6.98. The predicted molar refractivity (Wildman–Crippen MR) is 165 cm³/mol. The smallest absolute Gasteiger partial charge is 0.307 e. The minimum atomic E-state index is -3.66. The Kier molecular flexibility index (Phi) is 11.3. The van der Waals surface area contributed by atoms with Crippen molar-refractivity contribution in [2.24, 2.45) is 12.8 Å². The maximum absolute atomic E-state index is 13.5. The molecule has 0 spiro atoms. The molecule has 4 aromatic rings. The molecule has 2 aromatic heterocycles. The molecule has 0 unspecified atom stereocenters. The molecule has 14 heteroatoms. The Labute approximate surface area is 250 Å². The van der Waals surface area contributed by atoms with Crippen LogP contribution in [0.15, 0.2) is 66.9 Å². The zero-order chi connectivity index (χ0) is 31.6. The molecule has 0 bridgehead atoms. The van der Waals surface area contributed by atoms with E-state index in [1.807, 2.05) is 29.8 Å². The number of rotatable bonds is 11. The van der Waals surface area contributed by atoms with Gasteiger partial charge >= 0.3 is 5.97 Å². The lowest BCUT2D eigenvalue weighted by atomic mass is 10.1. The van der Waals surface area contributed by atoms with Gasteiger partial charge in [0.25, 0.3) is 16.0 Å². The van der Waals surface area contributed by atoms with Crippen LogP contribution < -0.4 is 16.0 Å². The average molecular weight is 610 g/mol. The number of aryl methyl sites for hydroxylation is 1. The number of benzene rings is 2. The Balaban J connectivity index is 0.000000765. The number of amides is 1. The number of ether oxygens (including phenoxy) is 1. The van der Waals surface area contributed by atoms with Crippen LogP contribution in [0.3, 0.4) is 0 Å². The number of esters is 1. The van der Waals surface area contributed by atoms with Crippen molar-refractivity contribution < 1.29 is 27.3 Å². The van der Waals surface area contributed by atoms with Crippen LogP contribution >= 0.6 is 0 Å². The lowest BCUT2D eigenvalue weighted by Crippen LogP contribution is -2.34. The van der Waals surface area contributed by atoms with Crippen molar-refractivity contribution >= 4 is 50.4 Å². The number of nitrogen functional groups attached to an aromatic ring is 1. The lowest BCUT2D eigenvalue weighted by molar-refractivity contribution is -0.142.